The van der Waals surface area contributed by atoms with Crippen molar-refractivity contribution in [2.24, 2.45) is 5.73 Å². The molecule has 1 heterocycles. The predicted molar refractivity (Wildman–Crippen MR) is 110 cm³/mol. The second-order valence-corrected chi connectivity index (χ2v) is 7.91. The van der Waals surface area contributed by atoms with Gasteiger partial charge in [0.1, 0.15) is 0 Å². The van der Waals surface area contributed by atoms with Crippen molar-refractivity contribution >= 4 is 50.2 Å². The van der Waals surface area contributed by atoms with Crippen molar-refractivity contribution < 1.29 is 0 Å². The van der Waals surface area contributed by atoms with Gasteiger partial charge in [0.2, 0.25) is 0 Å². The minimum absolute atomic E-state index is 0.726. The maximum Gasteiger partial charge on any atom is 0.0658 e. The van der Waals surface area contributed by atoms with Gasteiger partial charge in [-0.05, 0) is 55.8 Å². The van der Waals surface area contributed by atoms with Crippen molar-refractivity contribution in [1.82, 2.24) is 4.98 Å². The Kier molecular flexibility index (Phi) is 5.93. The molecule has 0 unspecified atom stereocenters. The van der Waals surface area contributed by atoms with Crippen LogP contribution in [0.25, 0.3) is 22.2 Å². The molecule has 0 aliphatic carbocycles. The van der Waals surface area contributed by atoms with Gasteiger partial charge < -0.3 is 10.7 Å². The Morgan fingerprint density at radius 2 is 2.00 bits per heavy atom. The van der Waals surface area contributed by atoms with Gasteiger partial charge >= 0.3 is 0 Å². The van der Waals surface area contributed by atoms with Crippen LogP contribution in [-0.4, -0.2) is 17.8 Å². The fourth-order valence-corrected chi connectivity index (χ4v) is 4.52. The summed E-state index contributed by atoms with van der Waals surface area (Å²) in [5.74, 6) is 0. The molecule has 0 fully saturated rings. The molecular weight excluding hydrogens is 404 g/mol. The molecule has 3 rings (SSSR count). The molecule has 3 aromatic rings. The number of aromatic nitrogens is 1. The van der Waals surface area contributed by atoms with Gasteiger partial charge in [0.25, 0.3) is 0 Å². The SMILES string of the molecule is CSc1ccccc1-c1[nH]c2c(Cl)cc(Br)cc2c1CCCCN. The van der Waals surface area contributed by atoms with E-state index in [0.29, 0.717) is 0 Å². The second kappa shape index (κ2) is 7.96. The highest BCUT2D eigenvalue weighted by Crippen LogP contribution is 2.39. The fourth-order valence-electron chi connectivity index (χ4n) is 3.06. The molecule has 0 atom stereocenters. The molecule has 2 nitrogen and oxygen atoms in total. The van der Waals surface area contributed by atoms with E-state index in [9.17, 15) is 0 Å². The number of nitrogens with two attached hydrogens (primary N) is 1. The Morgan fingerprint density at radius 3 is 2.75 bits per heavy atom. The number of halogens is 2. The topological polar surface area (TPSA) is 41.8 Å². The molecule has 0 saturated carbocycles. The number of thioether (sulfide) groups is 1. The van der Waals surface area contributed by atoms with Crippen molar-refractivity contribution in [1.29, 1.82) is 0 Å². The van der Waals surface area contributed by atoms with Gasteiger partial charge in [0.15, 0.2) is 0 Å². The summed E-state index contributed by atoms with van der Waals surface area (Å²) in [6.07, 6.45) is 5.20. The van der Waals surface area contributed by atoms with Crippen molar-refractivity contribution in [2.75, 3.05) is 12.8 Å². The van der Waals surface area contributed by atoms with Gasteiger partial charge in [0, 0.05) is 20.3 Å². The van der Waals surface area contributed by atoms with E-state index in [1.165, 1.54) is 27.1 Å². The van der Waals surface area contributed by atoms with Crippen molar-refractivity contribution in [3.05, 3.63) is 51.5 Å². The number of aryl methyl sites for hydroxylation is 1. The number of benzene rings is 2. The fraction of sp³-hybridized carbons (Fsp3) is 0.263. The molecule has 3 N–H and O–H groups in total. The average molecular weight is 424 g/mol. The quantitative estimate of drug-likeness (QED) is 0.363. The molecule has 0 bridgehead atoms. The molecule has 1 aromatic heterocycles. The summed E-state index contributed by atoms with van der Waals surface area (Å²) in [4.78, 5) is 4.84. The van der Waals surface area contributed by atoms with Crippen molar-refractivity contribution in [3.8, 4) is 11.3 Å². The van der Waals surface area contributed by atoms with Crippen molar-refractivity contribution in [2.45, 2.75) is 24.2 Å². The summed E-state index contributed by atoms with van der Waals surface area (Å²) in [7, 11) is 0. The Morgan fingerprint density at radius 1 is 1.21 bits per heavy atom. The average Bonchev–Trinajstić information content (AvgIpc) is 2.94. The Hall–Kier alpha value is -0.940. The summed E-state index contributed by atoms with van der Waals surface area (Å²) in [6.45, 7) is 0.726. The third kappa shape index (κ3) is 3.52. The van der Waals surface area contributed by atoms with Crippen LogP contribution in [0.5, 0.6) is 0 Å². The minimum Gasteiger partial charge on any atom is -0.353 e. The van der Waals surface area contributed by atoms with E-state index in [-0.39, 0.29) is 0 Å². The molecule has 126 valence electrons. The van der Waals surface area contributed by atoms with E-state index in [0.717, 1.165) is 40.8 Å². The zero-order chi connectivity index (χ0) is 17.1. The molecule has 0 aliphatic rings. The number of nitrogens with one attached hydrogen (secondary N) is 1. The molecule has 2 aromatic carbocycles. The number of unbranched alkanes of at least 4 members (excludes halogenated alkanes) is 1. The van der Waals surface area contributed by atoms with Gasteiger partial charge in [-0.1, -0.05) is 45.7 Å². The monoisotopic (exact) mass is 422 g/mol. The number of H-pyrrole nitrogens is 1. The van der Waals surface area contributed by atoms with E-state index in [1.54, 1.807) is 11.8 Å². The lowest BCUT2D eigenvalue weighted by atomic mass is 10.0. The summed E-state index contributed by atoms with van der Waals surface area (Å²) < 4.78 is 1.00. The molecular formula is C19H20BrClN2S. The van der Waals surface area contributed by atoms with Crippen LogP contribution < -0.4 is 5.73 Å². The minimum atomic E-state index is 0.726. The number of fused-ring (bicyclic) bond motifs is 1. The molecule has 0 spiro atoms. The van der Waals surface area contributed by atoms with Crippen molar-refractivity contribution in [3.63, 3.8) is 0 Å². The lowest BCUT2D eigenvalue weighted by molar-refractivity contribution is 0.748. The summed E-state index contributed by atoms with van der Waals surface area (Å²) in [6, 6.07) is 12.6. The van der Waals surface area contributed by atoms with Gasteiger partial charge in [-0.15, -0.1) is 11.8 Å². The van der Waals surface area contributed by atoms with Crippen LogP contribution in [0.3, 0.4) is 0 Å². The van der Waals surface area contributed by atoms with Gasteiger partial charge in [-0.25, -0.2) is 0 Å². The zero-order valence-electron chi connectivity index (χ0n) is 13.5. The lowest BCUT2D eigenvalue weighted by Gasteiger charge is -2.09. The zero-order valence-corrected chi connectivity index (χ0v) is 16.7. The van der Waals surface area contributed by atoms with Crippen LogP contribution in [-0.2, 0) is 6.42 Å². The van der Waals surface area contributed by atoms with Crippen LogP contribution in [0.15, 0.2) is 45.8 Å². The predicted octanol–water partition coefficient (Wildman–Crippen LogP) is 6.25. The Bertz CT molecular complexity index is 860. The first-order valence-electron chi connectivity index (χ1n) is 7.98. The first kappa shape index (κ1) is 17.9. The number of hydrogen-bond acceptors (Lipinski definition) is 2. The number of rotatable bonds is 6. The van der Waals surface area contributed by atoms with Crippen LogP contribution in [0, 0.1) is 0 Å². The highest BCUT2D eigenvalue weighted by atomic mass is 79.9. The maximum atomic E-state index is 6.48. The molecule has 0 saturated heterocycles. The normalized spacial score (nSPS) is 11.3. The summed E-state index contributed by atoms with van der Waals surface area (Å²) in [5.41, 5.74) is 10.4. The van der Waals surface area contributed by atoms with Crippen LogP contribution in [0.2, 0.25) is 5.02 Å². The van der Waals surface area contributed by atoms with Crippen LogP contribution in [0.1, 0.15) is 18.4 Å². The lowest BCUT2D eigenvalue weighted by Crippen LogP contribution is -1.99. The molecule has 5 heteroatoms. The second-order valence-electron chi connectivity index (χ2n) is 5.73. The van der Waals surface area contributed by atoms with Crippen LogP contribution >= 0.6 is 39.3 Å². The largest absolute Gasteiger partial charge is 0.353 e. The van der Waals surface area contributed by atoms with Gasteiger partial charge in [-0.3, -0.25) is 0 Å². The number of aromatic amines is 1. The standard InChI is InChI=1S/C19H20BrClN2S/c1-24-17-8-3-2-7-14(17)18-13(6-4-5-9-22)15-10-12(20)11-16(21)19(15)23-18/h2-3,7-8,10-11,23H,4-6,9,22H2,1H3. The highest BCUT2D eigenvalue weighted by Gasteiger charge is 2.17. The van der Waals surface area contributed by atoms with E-state index in [4.69, 9.17) is 17.3 Å². The highest BCUT2D eigenvalue weighted by molar-refractivity contribution is 9.10. The van der Waals surface area contributed by atoms with Gasteiger partial charge in [-0.2, -0.15) is 0 Å². The first-order chi connectivity index (χ1) is 11.7. The third-order valence-corrected chi connectivity index (χ3v) is 5.74. The molecule has 0 radical (unpaired) electrons. The first-order valence-corrected chi connectivity index (χ1v) is 10.4. The Balaban J connectivity index is 2.22. The van der Waals surface area contributed by atoms with E-state index in [2.05, 4.69) is 57.5 Å². The third-order valence-electron chi connectivity index (χ3n) is 4.19. The van der Waals surface area contributed by atoms with E-state index < -0.39 is 0 Å². The van der Waals surface area contributed by atoms with Crippen LogP contribution in [0.4, 0.5) is 0 Å². The van der Waals surface area contributed by atoms with Gasteiger partial charge in [0.05, 0.1) is 16.2 Å². The Labute approximate surface area is 160 Å². The van der Waals surface area contributed by atoms with E-state index in [1.807, 2.05) is 6.07 Å². The summed E-state index contributed by atoms with van der Waals surface area (Å²) >= 11 is 11.8. The number of hydrogen-bond donors (Lipinski definition) is 2. The molecule has 0 amide bonds. The molecule has 24 heavy (non-hydrogen) atoms. The smallest absolute Gasteiger partial charge is 0.0658 e. The maximum absolute atomic E-state index is 6.48. The van der Waals surface area contributed by atoms with E-state index >= 15 is 0 Å². The molecule has 0 aliphatic heterocycles. The summed E-state index contributed by atoms with van der Waals surface area (Å²) in [5, 5.41) is 1.93.